The van der Waals surface area contributed by atoms with Gasteiger partial charge < -0.3 is 4.90 Å². The molecule has 3 aliphatic heterocycles. The van der Waals surface area contributed by atoms with Crippen LogP contribution in [0.15, 0.2) is 24.3 Å². The molecule has 1 aromatic rings. The first-order chi connectivity index (χ1) is 12.9. The van der Waals surface area contributed by atoms with E-state index in [4.69, 9.17) is 0 Å². The van der Waals surface area contributed by atoms with Crippen molar-refractivity contribution in [3.8, 4) is 0 Å². The molecule has 3 saturated heterocycles. The lowest BCUT2D eigenvalue weighted by Crippen LogP contribution is -2.45. The first-order valence-electron chi connectivity index (χ1n) is 10.5. The molecule has 0 N–H and O–H groups in total. The topological polar surface area (TPSA) is 43.9 Å². The molecule has 150 valence electrons. The molecule has 3 aliphatic rings. The normalized spacial score (nSPS) is 28.2. The second-order valence-electron chi connectivity index (χ2n) is 8.58. The number of fused-ring (bicyclic) bond motifs is 1. The Bertz CT molecular complexity index is 741. The fraction of sp³-hybridized carbons (Fsp3) is 0.714. The minimum Gasteiger partial charge on any atom is -0.372 e. The smallest absolute Gasteiger partial charge is 0.211 e. The van der Waals surface area contributed by atoms with Crippen LogP contribution in [0.5, 0.6) is 0 Å². The second-order valence-corrected chi connectivity index (χ2v) is 10.6. The lowest BCUT2D eigenvalue weighted by Gasteiger charge is -2.37. The molecule has 27 heavy (non-hydrogen) atoms. The third-order valence-electron chi connectivity index (χ3n) is 6.97. The molecule has 0 saturated carbocycles. The summed E-state index contributed by atoms with van der Waals surface area (Å²) >= 11 is 0. The summed E-state index contributed by atoms with van der Waals surface area (Å²) in [7, 11) is -0.910. The molecule has 3 heterocycles. The Kier molecular flexibility index (Phi) is 5.50. The average Bonchev–Trinajstić information content (AvgIpc) is 3.11. The van der Waals surface area contributed by atoms with Crippen LogP contribution in [0.1, 0.15) is 56.6 Å². The van der Waals surface area contributed by atoms with Gasteiger partial charge in [0.2, 0.25) is 10.0 Å². The number of rotatable bonds is 4. The molecule has 3 fully saturated rings. The Balaban J connectivity index is 1.39. The summed E-state index contributed by atoms with van der Waals surface area (Å²) in [5.74, 6) is 0. The van der Waals surface area contributed by atoms with Gasteiger partial charge in [-0.2, -0.15) is 0 Å². The van der Waals surface area contributed by atoms with E-state index in [2.05, 4.69) is 41.1 Å². The molecule has 0 radical (unpaired) electrons. The fourth-order valence-electron chi connectivity index (χ4n) is 5.32. The van der Waals surface area contributed by atoms with Gasteiger partial charge in [-0.1, -0.05) is 18.6 Å². The van der Waals surface area contributed by atoms with E-state index in [-0.39, 0.29) is 0 Å². The zero-order chi connectivity index (χ0) is 19.0. The van der Waals surface area contributed by atoms with Crippen molar-refractivity contribution in [2.45, 2.75) is 63.1 Å². The molecule has 6 heteroatoms. The van der Waals surface area contributed by atoms with Crippen LogP contribution >= 0.6 is 0 Å². The van der Waals surface area contributed by atoms with E-state index in [9.17, 15) is 8.42 Å². The number of anilines is 1. The van der Waals surface area contributed by atoms with Crippen molar-refractivity contribution in [3.05, 3.63) is 29.8 Å². The van der Waals surface area contributed by atoms with Crippen LogP contribution in [0.2, 0.25) is 0 Å². The highest BCUT2D eigenvalue weighted by molar-refractivity contribution is 7.88. The summed E-state index contributed by atoms with van der Waals surface area (Å²) in [5.41, 5.74) is 2.70. The van der Waals surface area contributed by atoms with Crippen LogP contribution in [-0.2, 0) is 10.0 Å². The summed E-state index contributed by atoms with van der Waals surface area (Å²) in [6.45, 7) is 2.52. The van der Waals surface area contributed by atoms with E-state index < -0.39 is 10.0 Å². The number of hydrogen-bond acceptors (Lipinski definition) is 4. The highest BCUT2D eigenvalue weighted by atomic mass is 32.2. The van der Waals surface area contributed by atoms with Gasteiger partial charge in [-0.25, -0.2) is 12.7 Å². The lowest BCUT2D eigenvalue weighted by molar-refractivity contribution is 0.150. The molecule has 0 spiro atoms. The molecule has 0 aromatic heterocycles. The van der Waals surface area contributed by atoms with Crippen LogP contribution < -0.4 is 4.90 Å². The maximum atomic E-state index is 11.7. The Morgan fingerprint density at radius 1 is 0.926 bits per heavy atom. The van der Waals surface area contributed by atoms with Crippen LogP contribution in [0.3, 0.4) is 0 Å². The molecule has 0 bridgehead atoms. The Hall–Kier alpha value is -1.11. The monoisotopic (exact) mass is 391 g/mol. The third kappa shape index (κ3) is 4.03. The van der Waals surface area contributed by atoms with E-state index in [1.165, 1.54) is 56.2 Å². The first-order valence-corrected chi connectivity index (χ1v) is 12.3. The Morgan fingerprint density at radius 3 is 2.30 bits per heavy atom. The summed E-state index contributed by atoms with van der Waals surface area (Å²) in [5, 5.41) is 0. The van der Waals surface area contributed by atoms with Gasteiger partial charge in [-0.3, -0.25) is 4.90 Å². The van der Waals surface area contributed by atoms with Crippen molar-refractivity contribution in [1.82, 2.24) is 9.21 Å². The van der Waals surface area contributed by atoms with Gasteiger partial charge in [0, 0.05) is 44.0 Å². The zero-order valence-corrected chi connectivity index (χ0v) is 17.5. The van der Waals surface area contributed by atoms with Gasteiger partial charge in [0.1, 0.15) is 0 Å². The van der Waals surface area contributed by atoms with E-state index in [1.54, 1.807) is 4.31 Å². The fourth-order valence-corrected chi connectivity index (χ4v) is 6.20. The predicted molar refractivity (Wildman–Crippen MR) is 111 cm³/mol. The van der Waals surface area contributed by atoms with Crippen molar-refractivity contribution in [2.75, 3.05) is 37.8 Å². The van der Waals surface area contributed by atoms with E-state index in [0.717, 1.165) is 18.9 Å². The van der Waals surface area contributed by atoms with E-state index >= 15 is 0 Å². The van der Waals surface area contributed by atoms with Crippen molar-refractivity contribution < 1.29 is 8.42 Å². The van der Waals surface area contributed by atoms with Crippen molar-refractivity contribution in [1.29, 1.82) is 0 Å². The van der Waals surface area contributed by atoms with E-state index in [1.807, 2.05) is 0 Å². The molecule has 5 nitrogen and oxygen atoms in total. The maximum absolute atomic E-state index is 11.7. The minimum absolute atomic E-state index is 0.409. The summed E-state index contributed by atoms with van der Waals surface area (Å²) < 4.78 is 25.0. The minimum atomic E-state index is -3.05. The predicted octanol–water partition coefficient (Wildman–Crippen LogP) is 3.24. The number of nitrogens with zero attached hydrogens (tertiary/aromatic N) is 3. The second kappa shape index (κ2) is 7.72. The largest absolute Gasteiger partial charge is 0.372 e. The van der Waals surface area contributed by atoms with Crippen LogP contribution in [0.4, 0.5) is 5.69 Å². The van der Waals surface area contributed by atoms with Gasteiger partial charge in [-0.05, 0) is 62.8 Å². The number of sulfonamides is 1. The number of benzene rings is 1. The van der Waals surface area contributed by atoms with Crippen molar-refractivity contribution >= 4 is 15.7 Å². The van der Waals surface area contributed by atoms with Gasteiger partial charge in [0.05, 0.1) is 6.26 Å². The molecule has 0 unspecified atom stereocenters. The quantitative estimate of drug-likeness (QED) is 0.790. The van der Waals surface area contributed by atoms with Crippen molar-refractivity contribution in [2.24, 2.45) is 0 Å². The van der Waals surface area contributed by atoms with Gasteiger partial charge >= 0.3 is 0 Å². The van der Waals surface area contributed by atoms with Crippen molar-refractivity contribution in [3.63, 3.8) is 0 Å². The molecule has 1 aromatic carbocycles. The zero-order valence-electron chi connectivity index (χ0n) is 16.7. The van der Waals surface area contributed by atoms with E-state index in [0.29, 0.717) is 25.2 Å². The van der Waals surface area contributed by atoms with Gasteiger partial charge in [0.15, 0.2) is 0 Å². The summed E-state index contributed by atoms with van der Waals surface area (Å²) in [6.07, 6.45) is 9.87. The van der Waals surface area contributed by atoms with Crippen LogP contribution in [0.25, 0.3) is 0 Å². The lowest BCUT2D eigenvalue weighted by atomic mass is 10.0. The number of hydrogen-bond donors (Lipinski definition) is 0. The summed E-state index contributed by atoms with van der Waals surface area (Å²) in [6, 6.07) is 11.0. The molecule has 4 rings (SSSR count). The molecular formula is C21H33N3O2S. The molecule has 0 amide bonds. The number of piperidine rings is 2. The maximum Gasteiger partial charge on any atom is 0.211 e. The molecular weight excluding hydrogens is 358 g/mol. The van der Waals surface area contributed by atoms with Gasteiger partial charge in [0.25, 0.3) is 0 Å². The third-order valence-corrected chi connectivity index (χ3v) is 8.27. The SMILES string of the molecule is CN(c1ccc([C@H]2CC[C@H]3CCCCN32)cc1)C1CCN(S(C)(=O)=O)CC1. The Labute approximate surface area is 164 Å². The average molecular weight is 392 g/mol. The van der Waals surface area contributed by atoms with Crippen LogP contribution in [0, 0.1) is 0 Å². The molecule has 2 atom stereocenters. The van der Waals surface area contributed by atoms with Crippen LogP contribution in [-0.4, -0.2) is 62.6 Å². The summed E-state index contributed by atoms with van der Waals surface area (Å²) in [4.78, 5) is 5.07. The highest BCUT2D eigenvalue weighted by Gasteiger charge is 2.35. The highest BCUT2D eigenvalue weighted by Crippen LogP contribution is 2.40. The standard InChI is InChI=1S/C21H33N3O2S/c1-22(19-12-15-23(16-13-19)27(2,25)26)18-8-6-17(7-9-18)21-11-10-20-5-3-4-14-24(20)21/h6-9,19-21H,3-5,10-16H2,1-2H3/t20-,21-/m1/s1. The first kappa shape index (κ1) is 19.2. The van der Waals surface area contributed by atoms with Gasteiger partial charge in [-0.15, -0.1) is 0 Å². The Morgan fingerprint density at radius 2 is 1.63 bits per heavy atom. The molecule has 0 aliphatic carbocycles.